The van der Waals surface area contributed by atoms with Crippen molar-refractivity contribution in [3.8, 4) is 0 Å². The highest BCUT2D eigenvalue weighted by Crippen LogP contribution is 2.20. The first-order chi connectivity index (χ1) is 7.37. The van der Waals surface area contributed by atoms with Crippen molar-refractivity contribution in [1.29, 1.82) is 0 Å². The summed E-state index contributed by atoms with van der Waals surface area (Å²) >= 11 is 0. The minimum absolute atomic E-state index is 0.225. The van der Waals surface area contributed by atoms with Gasteiger partial charge in [0.25, 0.3) is 0 Å². The van der Waals surface area contributed by atoms with Gasteiger partial charge in [0.05, 0.1) is 16.2 Å². The molecule has 0 aliphatic heterocycles. The summed E-state index contributed by atoms with van der Waals surface area (Å²) < 4.78 is 24.2. The molecule has 0 bridgehead atoms. The Bertz CT molecular complexity index is 462. The summed E-state index contributed by atoms with van der Waals surface area (Å²) in [6, 6.07) is 8.12. The van der Waals surface area contributed by atoms with Gasteiger partial charge < -0.3 is 5.11 Å². The zero-order valence-electron chi connectivity index (χ0n) is 9.42. The van der Waals surface area contributed by atoms with Crippen LogP contribution in [-0.4, -0.2) is 24.9 Å². The summed E-state index contributed by atoms with van der Waals surface area (Å²) in [5.41, 5.74) is 0.451. The fraction of sp³-hybridized carbons (Fsp3) is 0.333. The number of aliphatic hydroxyl groups excluding tert-OH is 1. The molecular formula is C12H16O3S. The predicted octanol–water partition coefficient (Wildman–Crippen LogP) is 1.79. The monoisotopic (exact) mass is 240 g/mol. The Morgan fingerprint density at radius 1 is 1.31 bits per heavy atom. The van der Waals surface area contributed by atoms with E-state index in [1.54, 1.807) is 25.1 Å². The predicted molar refractivity (Wildman–Crippen MR) is 63.9 cm³/mol. The fourth-order valence-corrected chi connectivity index (χ4v) is 2.93. The van der Waals surface area contributed by atoms with E-state index in [0.717, 1.165) is 0 Å². The quantitative estimate of drug-likeness (QED) is 0.816. The Labute approximate surface area is 96.4 Å². The molecule has 1 aromatic carbocycles. The van der Waals surface area contributed by atoms with Crippen molar-refractivity contribution in [1.82, 2.24) is 0 Å². The lowest BCUT2D eigenvalue weighted by Crippen LogP contribution is -2.32. The van der Waals surface area contributed by atoms with Gasteiger partial charge in [0.2, 0.25) is 0 Å². The SMILES string of the molecule is C=C(C)[C@H](O)[C@@H](C)S(=O)(=O)c1ccccc1. The van der Waals surface area contributed by atoms with Gasteiger partial charge in [-0.25, -0.2) is 8.42 Å². The maximum atomic E-state index is 12.1. The lowest BCUT2D eigenvalue weighted by Gasteiger charge is -2.19. The molecular weight excluding hydrogens is 224 g/mol. The number of aliphatic hydroxyl groups is 1. The van der Waals surface area contributed by atoms with E-state index in [4.69, 9.17) is 0 Å². The van der Waals surface area contributed by atoms with Gasteiger partial charge in [0.1, 0.15) is 0 Å². The van der Waals surface area contributed by atoms with Crippen molar-refractivity contribution < 1.29 is 13.5 Å². The van der Waals surface area contributed by atoms with Crippen LogP contribution in [0.5, 0.6) is 0 Å². The smallest absolute Gasteiger partial charge is 0.183 e. The van der Waals surface area contributed by atoms with Crippen molar-refractivity contribution in [2.24, 2.45) is 0 Å². The Hall–Kier alpha value is -1.13. The summed E-state index contributed by atoms with van der Waals surface area (Å²) in [7, 11) is -3.49. The van der Waals surface area contributed by atoms with Crippen LogP contribution >= 0.6 is 0 Å². The van der Waals surface area contributed by atoms with Crippen molar-refractivity contribution in [3.63, 3.8) is 0 Å². The molecule has 0 aliphatic rings. The van der Waals surface area contributed by atoms with E-state index in [9.17, 15) is 13.5 Å². The van der Waals surface area contributed by atoms with E-state index in [0.29, 0.717) is 5.57 Å². The lowest BCUT2D eigenvalue weighted by molar-refractivity contribution is 0.209. The summed E-state index contributed by atoms with van der Waals surface area (Å²) in [4.78, 5) is 0.225. The lowest BCUT2D eigenvalue weighted by atomic mass is 10.1. The van der Waals surface area contributed by atoms with E-state index in [2.05, 4.69) is 6.58 Å². The average molecular weight is 240 g/mol. The van der Waals surface area contributed by atoms with Crippen LogP contribution in [0.4, 0.5) is 0 Å². The second kappa shape index (κ2) is 4.80. The first-order valence-electron chi connectivity index (χ1n) is 4.99. The van der Waals surface area contributed by atoms with Crippen molar-refractivity contribution in [3.05, 3.63) is 42.5 Å². The molecule has 0 fully saturated rings. The number of hydrogen-bond acceptors (Lipinski definition) is 3. The highest BCUT2D eigenvalue weighted by atomic mass is 32.2. The van der Waals surface area contributed by atoms with E-state index >= 15 is 0 Å². The van der Waals surface area contributed by atoms with Crippen LogP contribution in [0.2, 0.25) is 0 Å². The molecule has 2 atom stereocenters. The van der Waals surface area contributed by atoms with Crippen LogP contribution in [-0.2, 0) is 9.84 Å². The van der Waals surface area contributed by atoms with E-state index in [1.165, 1.54) is 19.1 Å². The molecule has 0 radical (unpaired) electrons. The summed E-state index contributed by atoms with van der Waals surface area (Å²) in [5, 5.41) is 8.83. The second-order valence-electron chi connectivity index (χ2n) is 3.85. The van der Waals surface area contributed by atoms with E-state index in [1.807, 2.05) is 0 Å². The normalized spacial score (nSPS) is 15.4. The molecule has 0 spiro atoms. The van der Waals surface area contributed by atoms with Gasteiger partial charge >= 0.3 is 0 Å². The Kier molecular flexibility index (Phi) is 3.88. The van der Waals surface area contributed by atoms with Gasteiger partial charge in [0.15, 0.2) is 9.84 Å². The van der Waals surface area contributed by atoms with Gasteiger partial charge in [0, 0.05) is 0 Å². The molecule has 0 aromatic heterocycles. The molecule has 3 nitrogen and oxygen atoms in total. The minimum atomic E-state index is -3.49. The van der Waals surface area contributed by atoms with Crippen LogP contribution < -0.4 is 0 Å². The van der Waals surface area contributed by atoms with Crippen molar-refractivity contribution in [2.45, 2.75) is 30.1 Å². The van der Waals surface area contributed by atoms with Crippen LogP contribution in [0.3, 0.4) is 0 Å². The number of sulfone groups is 1. The first kappa shape index (κ1) is 12.9. The van der Waals surface area contributed by atoms with Gasteiger partial charge in [-0.1, -0.05) is 30.4 Å². The maximum Gasteiger partial charge on any atom is 0.183 e. The third-order valence-electron chi connectivity index (χ3n) is 2.51. The zero-order valence-corrected chi connectivity index (χ0v) is 10.2. The molecule has 88 valence electrons. The molecule has 0 aliphatic carbocycles. The maximum absolute atomic E-state index is 12.1. The Balaban J connectivity index is 3.09. The van der Waals surface area contributed by atoms with Crippen LogP contribution in [0, 0.1) is 0 Å². The fourth-order valence-electron chi connectivity index (χ4n) is 1.40. The molecule has 16 heavy (non-hydrogen) atoms. The molecule has 0 saturated heterocycles. The first-order valence-corrected chi connectivity index (χ1v) is 6.54. The summed E-state index contributed by atoms with van der Waals surface area (Å²) in [5.74, 6) is 0. The Morgan fingerprint density at radius 2 is 1.81 bits per heavy atom. The third kappa shape index (κ3) is 2.51. The molecule has 1 aromatic rings. The second-order valence-corrected chi connectivity index (χ2v) is 6.16. The van der Waals surface area contributed by atoms with Crippen LogP contribution in [0.15, 0.2) is 47.4 Å². The van der Waals surface area contributed by atoms with Crippen LogP contribution in [0.1, 0.15) is 13.8 Å². The van der Waals surface area contributed by atoms with Crippen molar-refractivity contribution >= 4 is 9.84 Å². The number of hydrogen-bond donors (Lipinski definition) is 1. The van der Waals surface area contributed by atoms with Gasteiger partial charge in [-0.15, -0.1) is 0 Å². The largest absolute Gasteiger partial charge is 0.387 e. The van der Waals surface area contributed by atoms with Gasteiger partial charge in [-0.2, -0.15) is 0 Å². The molecule has 1 N–H and O–H groups in total. The molecule has 0 unspecified atom stereocenters. The van der Waals surface area contributed by atoms with Crippen LogP contribution in [0.25, 0.3) is 0 Å². The van der Waals surface area contributed by atoms with Crippen molar-refractivity contribution in [2.75, 3.05) is 0 Å². The highest BCUT2D eigenvalue weighted by molar-refractivity contribution is 7.92. The number of benzene rings is 1. The van der Waals surface area contributed by atoms with Gasteiger partial charge in [-0.3, -0.25) is 0 Å². The van der Waals surface area contributed by atoms with E-state index in [-0.39, 0.29) is 4.90 Å². The van der Waals surface area contributed by atoms with E-state index < -0.39 is 21.2 Å². The highest BCUT2D eigenvalue weighted by Gasteiger charge is 2.29. The molecule has 0 heterocycles. The molecule has 1 rings (SSSR count). The summed E-state index contributed by atoms with van der Waals surface area (Å²) in [6.45, 7) is 6.67. The molecule has 0 saturated carbocycles. The summed E-state index contributed by atoms with van der Waals surface area (Å²) in [6.07, 6.45) is -1.04. The molecule has 4 heteroatoms. The number of rotatable bonds is 4. The average Bonchev–Trinajstić information content (AvgIpc) is 2.28. The topological polar surface area (TPSA) is 54.4 Å². The Morgan fingerprint density at radius 3 is 2.25 bits per heavy atom. The third-order valence-corrected chi connectivity index (χ3v) is 4.68. The zero-order chi connectivity index (χ0) is 12.3. The minimum Gasteiger partial charge on any atom is -0.387 e. The van der Waals surface area contributed by atoms with Gasteiger partial charge in [-0.05, 0) is 26.0 Å². The molecule has 0 amide bonds. The standard InChI is InChI=1S/C12H16O3S/c1-9(2)12(13)10(3)16(14,15)11-7-5-4-6-8-11/h4-8,10,12-13H,1H2,2-3H3/t10-,12+/m1/s1.